The number of halogens is 1. The molecule has 4 nitrogen and oxygen atoms in total. The molecule has 0 bridgehead atoms. The summed E-state index contributed by atoms with van der Waals surface area (Å²) in [6.07, 6.45) is 0.714. The minimum atomic E-state index is -0.334. The van der Waals surface area contributed by atoms with Crippen molar-refractivity contribution in [1.29, 1.82) is 0 Å². The Labute approximate surface area is 169 Å². The number of aryl methyl sites for hydroxylation is 3. The van der Waals surface area contributed by atoms with Crippen molar-refractivity contribution in [3.63, 3.8) is 0 Å². The Morgan fingerprint density at radius 3 is 2.56 bits per heavy atom. The van der Waals surface area contributed by atoms with Crippen LogP contribution in [0.4, 0.5) is 0 Å². The summed E-state index contributed by atoms with van der Waals surface area (Å²) in [6, 6.07) is 9.88. The van der Waals surface area contributed by atoms with Gasteiger partial charge in [0.25, 0.3) is 5.91 Å². The van der Waals surface area contributed by atoms with Gasteiger partial charge in [-0.3, -0.25) is 4.79 Å². The molecule has 0 unspecified atom stereocenters. The van der Waals surface area contributed by atoms with Gasteiger partial charge in [0, 0.05) is 16.5 Å². The second-order valence-corrected chi connectivity index (χ2v) is 8.68. The molecule has 3 rings (SSSR count). The Morgan fingerprint density at radius 2 is 1.89 bits per heavy atom. The van der Waals surface area contributed by atoms with E-state index in [9.17, 15) is 4.79 Å². The van der Waals surface area contributed by atoms with Gasteiger partial charge in [-0.15, -0.1) is 0 Å². The Balaban J connectivity index is 1.69. The molecule has 0 radical (unpaired) electrons. The molecular formula is C22H26BrNO3. The van der Waals surface area contributed by atoms with Crippen LogP contribution in [0.2, 0.25) is 0 Å². The molecule has 0 saturated carbocycles. The summed E-state index contributed by atoms with van der Waals surface area (Å²) in [6.45, 7) is 10.1. The van der Waals surface area contributed by atoms with Crippen molar-refractivity contribution in [3.8, 4) is 11.5 Å². The number of rotatable bonds is 4. The third kappa shape index (κ3) is 4.64. The topological polar surface area (TPSA) is 47.6 Å². The van der Waals surface area contributed by atoms with E-state index in [4.69, 9.17) is 9.47 Å². The first-order valence-electron chi connectivity index (χ1n) is 9.13. The smallest absolute Gasteiger partial charge is 0.258 e. The maximum atomic E-state index is 12.5. The first-order valence-corrected chi connectivity index (χ1v) is 9.92. The predicted molar refractivity (Wildman–Crippen MR) is 110 cm³/mol. The third-order valence-electron chi connectivity index (χ3n) is 4.74. The van der Waals surface area contributed by atoms with Crippen molar-refractivity contribution in [2.75, 3.05) is 6.61 Å². The fourth-order valence-electron chi connectivity index (χ4n) is 3.46. The highest BCUT2D eigenvalue weighted by Crippen LogP contribution is 2.39. The van der Waals surface area contributed by atoms with Crippen molar-refractivity contribution in [2.24, 2.45) is 0 Å². The van der Waals surface area contributed by atoms with Gasteiger partial charge < -0.3 is 14.8 Å². The van der Waals surface area contributed by atoms with Gasteiger partial charge in [-0.2, -0.15) is 0 Å². The fourth-order valence-corrected chi connectivity index (χ4v) is 3.69. The van der Waals surface area contributed by atoms with E-state index in [0.717, 1.165) is 32.5 Å². The van der Waals surface area contributed by atoms with Crippen LogP contribution in [0.25, 0.3) is 0 Å². The summed E-state index contributed by atoms with van der Waals surface area (Å²) in [5.41, 5.74) is 3.99. The van der Waals surface area contributed by atoms with Crippen LogP contribution in [0.1, 0.15) is 48.6 Å². The lowest BCUT2D eigenvalue weighted by Crippen LogP contribution is -2.42. The van der Waals surface area contributed by atoms with Crippen molar-refractivity contribution in [1.82, 2.24) is 5.32 Å². The molecule has 0 saturated heterocycles. The summed E-state index contributed by atoms with van der Waals surface area (Å²) in [4.78, 5) is 12.5. The number of nitrogens with one attached hydrogen (secondary N) is 1. The van der Waals surface area contributed by atoms with Gasteiger partial charge >= 0.3 is 0 Å². The van der Waals surface area contributed by atoms with E-state index in [1.165, 1.54) is 0 Å². The highest BCUT2D eigenvalue weighted by Gasteiger charge is 2.34. The molecule has 0 spiro atoms. The van der Waals surface area contributed by atoms with Crippen molar-refractivity contribution in [3.05, 3.63) is 57.1 Å². The monoisotopic (exact) mass is 431 g/mol. The molecule has 27 heavy (non-hydrogen) atoms. The standard InChI is InChI=1S/C22H26BrNO3/c1-13-6-7-17-18(11-22(4,5)27-19(17)8-13)24-20(25)12-26-16-9-14(2)21(23)15(3)10-16/h6-10,18H,11-12H2,1-5H3,(H,24,25)/t18-/m1/s1. The normalized spacial score (nSPS) is 17.6. The van der Waals surface area contributed by atoms with E-state index in [1.54, 1.807) is 0 Å². The quantitative estimate of drug-likeness (QED) is 0.725. The molecule has 0 fully saturated rings. The maximum Gasteiger partial charge on any atom is 0.258 e. The van der Waals surface area contributed by atoms with E-state index >= 15 is 0 Å². The largest absolute Gasteiger partial charge is 0.487 e. The van der Waals surface area contributed by atoms with Crippen LogP contribution in [0.3, 0.4) is 0 Å². The van der Waals surface area contributed by atoms with E-state index in [1.807, 2.05) is 65.0 Å². The first-order chi connectivity index (χ1) is 12.6. The van der Waals surface area contributed by atoms with Gasteiger partial charge in [0.2, 0.25) is 0 Å². The van der Waals surface area contributed by atoms with Crippen molar-refractivity contribution >= 4 is 21.8 Å². The van der Waals surface area contributed by atoms with E-state index in [2.05, 4.69) is 21.2 Å². The van der Waals surface area contributed by atoms with Gasteiger partial charge in [0.1, 0.15) is 17.1 Å². The van der Waals surface area contributed by atoms with Crippen LogP contribution in [-0.2, 0) is 4.79 Å². The van der Waals surface area contributed by atoms with E-state index in [0.29, 0.717) is 12.2 Å². The van der Waals surface area contributed by atoms with Crippen molar-refractivity contribution < 1.29 is 14.3 Å². The zero-order valence-electron chi connectivity index (χ0n) is 16.5. The number of carbonyl (C=O) groups is 1. The van der Waals surface area contributed by atoms with Crippen LogP contribution in [0.15, 0.2) is 34.8 Å². The van der Waals surface area contributed by atoms with Crippen LogP contribution in [0, 0.1) is 20.8 Å². The second kappa shape index (κ2) is 7.55. The molecule has 1 atom stereocenters. The lowest BCUT2D eigenvalue weighted by molar-refractivity contribution is -0.124. The molecule has 144 valence electrons. The van der Waals surface area contributed by atoms with Gasteiger partial charge in [-0.25, -0.2) is 0 Å². The average molecular weight is 432 g/mol. The summed E-state index contributed by atoms with van der Waals surface area (Å²) in [5, 5.41) is 3.11. The van der Waals surface area contributed by atoms with Gasteiger partial charge in [0.15, 0.2) is 6.61 Å². The molecule has 0 aromatic heterocycles. The molecule has 1 aliphatic heterocycles. The molecule has 1 N–H and O–H groups in total. The van der Waals surface area contributed by atoms with Crippen LogP contribution in [0.5, 0.6) is 11.5 Å². The van der Waals surface area contributed by atoms with Gasteiger partial charge in [-0.1, -0.05) is 28.1 Å². The SMILES string of the molecule is Cc1ccc2c(c1)OC(C)(C)C[C@H]2NC(=O)COc1cc(C)c(Br)c(C)c1. The average Bonchev–Trinajstić information content (AvgIpc) is 2.56. The first kappa shape index (κ1) is 19.7. The molecule has 2 aromatic rings. The number of fused-ring (bicyclic) bond motifs is 1. The van der Waals surface area contributed by atoms with Gasteiger partial charge in [0.05, 0.1) is 6.04 Å². The van der Waals surface area contributed by atoms with Crippen LogP contribution < -0.4 is 14.8 Å². The van der Waals surface area contributed by atoms with Gasteiger partial charge in [-0.05, 0) is 69.5 Å². The Morgan fingerprint density at radius 1 is 1.22 bits per heavy atom. The van der Waals surface area contributed by atoms with Crippen LogP contribution in [-0.4, -0.2) is 18.1 Å². The minimum absolute atomic E-state index is 0.0144. The van der Waals surface area contributed by atoms with Crippen LogP contribution >= 0.6 is 15.9 Å². The Bertz CT molecular complexity index is 853. The molecule has 1 amide bonds. The zero-order valence-corrected chi connectivity index (χ0v) is 18.1. The number of ether oxygens (including phenoxy) is 2. The number of carbonyl (C=O) groups excluding carboxylic acids is 1. The molecule has 1 heterocycles. The summed E-state index contributed by atoms with van der Waals surface area (Å²) in [5.74, 6) is 1.41. The summed E-state index contributed by atoms with van der Waals surface area (Å²) >= 11 is 3.54. The minimum Gasteiger partial charge on any atom is -0.487 e. The maximum absolute atomic E-state index is 12.5. The molecular weight excluding hydrogens is 406 g/mol. The number of hydrogen-bond donors (Lipinski definition) is 1. The number of benzene rings is 2. The fraction of sp³-hybridized carbons (Fsp3) is 0.409. The highest BCUT2D eigenvalue weighted by molar-refractivity contribution is 9.10. The molecule has 0 aliphatic carbocycles. The Hall–Kier alpha value is -2.01. The van der Waals surface area contributed by atoms with Crippen molar-refractivity contribution in [2.45, 2.75) is 52.7 Å². The van der Waals surface area contributed by atoms with E-state index < -0.39 is 0 Å². The van der Waals surface area contributed by atoms with E-state index in [-0.39, 0.29) is 24.2 Å². The number of hydrogen-bond acceptors (Lipinski definition) is 3. The third-order valence-corrected chi connectivity index (χ3v) is 5.99. The molecule has 1 aliphatic rings. The molecule has 2 aromatic carbocycles. The highest BCUT2D eigenvalue weighted by atomic mass is 79.9. The lowest BCUT2D eigenvalue weighted by atomic mass is 9.89. The predicted octanol–water partition coefficient (Wildman–Crippen LogP) is 5.17. The Kier molecular flexibility index (Phi) is 5.52. The lowest BCUT2D eigenvalue weighted by Gasteiger charge is -2.38. The summed E-state index contributed by atoms with van der Waals surface area (Å²) < 4.78 is 12.9. The summed E-state index contributed by atoms with van der Waals surface area (Å²) in [7, 11) is 0. The zero-order chi connectivity index (χ0) is 19.8. The number of amides is 1. The second-order valence-electron chi connectivity index (χ2n) is 7.89. The molecule has 5 heteroatoms.